The molecule has 1 saturated heterocycles. The van der Waals surface area contributed by atoms with Crippen molar-refractivity contribution in [3.05, 3.63) is 34.7 Å². The maximum Gasteiger partial charge on any atom is 0.353 e. The molecule has 1 fully saturated rings. The van der Waals surface area contributed by atoms with Gasteiger partial charge >= 0.3 is 5.97 Å². The normalized spacial score (nSPS) is 26.0. The van der Waals surface area contributed by atoms with Gasteiger partial charge in [-0.1, -0.05) is 23.0 Å². The van der Waals surface area contributed by atoms with Crippen LogP contribution < -0.4 is 0 Å². The van der Waals surface area contributed by atoms with Gasteiger partial charge in [-0.2, -0.15) is 0 Å². The maximum atomic E-state index is 12.1. The fraction of sp³-hybridized carbons (Fsp3) is 0.357. The molecule has 22 heavy (non-hydrogen) atoms. The van der Waals surface area contributed by atoms with Gasteiger partial charge in [0.25, 0.3) is 0 Å². The molecule has 0 bridgehead atoms. The molecular weight excluding hydrogens is 308 g/mol. The largest absolute Gasteiger partial charge is 0.477 e. The first-order chi connectivity index (χ1) is 10.5. The summed E-state index contributed by atoms with van der Waals surface area (Å²) in [5.41, 5.74) is 1.04. The quantitative estimate of drug-likeness (QED) is 0.805. The second-order valence-corrected chi connectivity index (χ2v) is 6.18. The summed E-state index contributed by atoms with van der Waals surface area (Å²) >= 11 is 1.26. The number of nitrogens with zero attached hydrogens (tertiary/aromatic N) is 2. The molecule has 3 atom stereocenters. The number of fused-ring (bicyclic) bond motifs is 1. The standard InChI is InChI=1S/C14H14N2O5S/c1-3-7(8-4-5-21-15-8)11-10(14(19)20)16-12(18)9(6(2)17)13(16)22-11/h3-6,9,13,17H,1-2H3,(H,19,20)/b7-3-/t6?,9-,13+/m0/s1. The molecule has 7 nitrogen and oxygen atoms in total. The molecule has 2 aliphatic rings. The number of aromatic nitrogens is 1. The van der Waals surface area contributed by atoms with E-state index >= 15 is 0 Å². The van der Waals surface area contributed by atoms with Crippen LogP contribution in [0.5, 0.6) is 0 Å². The Hall–Kier alpha value is -2.06. The lowest BCUT2D eigenvalue weighted by atomic mass is 9.92. The third kappa shape index (κ3) is 1.98. The average molecular weight is 322 g/mol. The molecular formula is C14H14N2O5S. The van der Waals surface area contributed by atoms with Crippen molar-refractivity contribution in [3.8, 4) is 0 Å². The van der Waals surface area contributed by atoms with Crippen LogP contribution in [0.15, 0.2) is 33.5 Å². The third-order valence-electron chi connectivity index (χ3n) is 3.75. The maximum absolute atomic E-state index is 12.1. The number of hydrogen-bond acceptors (Lipinski definition) is 6. The van der Waals surface area contributed by atoms with Crippen LogP contribution in [0, 0.1) is 5.92 Å². The number of carbonyl (C=O) groups is 2. The lowest BCUT2D eigenvalue weighted by molar-refractivity contribution is -0.156. The second kappa shape index (κ2) is 5.29. The van der Waals surface area contributed by atoms with E-state index < -0.39 is 23.4 Å². The van der Waals surface area contributed by atoms with Crippen LogP contribution in [0.3, 0.4) is 0 Å². The Labute approximate surface area is 130 Å². The Morgan fingerprint density at radius 2 is 2.32 bits per heavy atom. The smallest absolute Gasteiger partial charge is 0.353 e. The second-order valence-electron chi connectivity index (χ2n) is 5.05. The molecule has 0 spiro atoms. The van der Waals surface area contributed by atoms with Crippen molar-refractivity contribution in [2.75, 3.05) is 0 Å². The number of rotatable bonds is 4. The van der Waals surface area contributed by atoms with E-state index in [-0.39, 0.29) is 11.6 Å². The van der Waals surface area contributed by atoms with Crippen LogP contribution >= 0.6 is 11.8 Å². The van der Waals surface area contributed by atoms with Gasteiger partial charge in [0.15, 0.2) is 0 Å². The summed E-state index contributed by atoms with van der Waals surface area (Å²) in [6.07, 6.45) is 2.31. The molecule has 0 aliphatic carbocycles. The Morgan fingerprint density at radius 1 is 1.59 bits per heavy atom. The van der Waals surface area contributed by atoms with Gasteiger partial charge in [-0.25, -0.2) is 4.79 Å². The van der Waals surface area contributed by atoms with Gasteiger partial charge in [0.2, 0.25) is 5.91 Å². The van der Waals surface area contributed by atoms with Crippen molar-refractivity contribution in [1.82, 2.24) is 10.1 Å². The van der Waals surface area contributed by atoms with Crippen LogP contribution in [0.1, 0.15) is 19.5 Å². The van der Waals surface area contributed by atoms with Gasteiger partial charge < -0.3 is 14.7 Å². The minimum absolute atomic E-state index is 0.0620. The Bertz CT molecular complexity index is 692. The molecule has 0 aromatic carbocycles. The molecule has 1 aromatic heterocycles. The summed E-state index contributed by atoms with van der Waals surface area (Å²) in [5, 5.41) is 22.6. The van der Waals surface area contributed by atoms with E-state index in [4.69, 9.17) is 4.52 Å². The number of allylic oxidation sites excluding steroid dienone is 2. The van der Waals surface area contributed by atoms with Crippen LogP contribution in [0.4, 0.5) is 0 Å². The van der Waals surface area contributed by atoms with Crippen molar-refractivity contribution < 1.29 is 24.3 Å². The number of carboxylic acid groups (broad SMARTS) is 1. The number of carbonyl (C=O) groups excluding carboxylic acids is 1. The van der Waals surface area contributed by atoms with Crippen molar-refractivity contribution in [1.29, 1.82) is 0 Å². The molecule has 2 N–H and O–H groups in total. The lowest BCUT2D eigenvalue weighted by Gasteiger charge is -2.43. The van der Waals surface area contributed by atoms with Gasteiger partial charge in [0.1, 0.15) is 23.0 Å². The van der Waals surface area contributed by atoms with Gasteiger partial charge in [0, 0.05) is 16.5 Å². The molecule has 0 saturated carbocycles. The molecule has 1 amide bonds. The minimum Gasteiger partial charge on any atom is -0.477 e. The SMILES string of the molecule is C/C=C(\C1=C(C(=O)O)N2C(=O)[C@H](C(C)O)[C@H]2S1)c1ccon1. The van der Waals surface area contributed by atoms with Crippen molar-refractivity contribution in [2.24, 2.45) is 5.92 Å². The highest BCUT2D eigenvalue weighted by Crippen LogP contribution is 2.53. The van der Waals surface area contributed by atoms with Gasteiger partial charge in [-0.05, 0) is 13.8 Å². The number of thioether (sulfide) groups is 1. The van der Waals surface area contributed by atoms with Gasteiger partial charge in [-0.15, -0.1) is 0 Å². The summed E-state index contributed by atoms with van der Waals surface area (Å²) in [6.45, 7) is 3.30. The third-order valence-corrected chi connectivity index (χ3v) is 5.14. The first kappa shape index (κ1) is 14.9. The fourth-order valence-corrected chi connectivity index (χ4v) is 4.41. The van der Waals surface area contributed by atoms with Crippen LogP contribution in [0.25, 0.3) is 5.57 Å². The Morgan fingerprint density at radius 3 is 2.82 bits per heavy atom. The summed E-state index contributed by atoms with van der Waals surface area (Å²) in [6, 6.07) is 1.63. The van der Waals surface area contributed by atoms with E-state index in [1.54, 1.807) is 19.1 Å². The molecule has 1 unspecified atom stereocenters. The minimum atomic E-state index is -1.18. The summed E-state index contributed by atoms with van der Waals surface area (Å²) in [5.74, 6) is -2.13. The Kier molecular flexibility index (Phi) is 3.57. The van der Waals surface area contributed by atoms with E-state index in [1.807, 2.05) is 0 Å². The van der Waals surface area contributed by atoms with E-state index in [1.165, 1.54) is 29.8 Å². The van der Waals surface area contributed by atoms with E-state index in [2.05, 4.69) is 5.16 Å². The zero-order chi connectivity index (χ0) is 16.0. The van der Waals surface area contributed by atoms with E-state index in [0.717, 1.165) is 0 Å². The number of aliphatic hydroxyl groups excluding tert-OH is 1. The van der Waals surface area contributed by atoms with Crippen molar-refractivity contribution in [3.63, 3.8) is 0 Å². The highest BCUT2D eigenvalue weighted by molar-refractivity contribution is 8.04. The topological polar surface area (TPSA) is 104 Å². The molecule has 3 rings (SSSR count). The summed E-state index contributed by atoms with van der Waals surface area (Å²) in [4.78, 5) is 25.5. The molecule has 3 heterocycles. The average Bonchev–Trinajstić information content (AvgIpc) is 3.06. The molecule has 2 aliphatic heterocycles. The summed E-state index contributed by atoms with van der Waals surface area (Å²) in [7, 11) is 0. The number of β-lactam (4-membered cyclic amide) rings is 1. The summed E-state index contributed by atoms with van der Waals surface area (Å²) < 4.78 is 4.81. The predicted octanol–water partition coefficient (Wildman–Crippen LogP) is 1.29. The molecule has 1 aromatic rings. The van der Waals surface area contributed by atoms with Crippen LogP contribution in [-0.2, 0) is 9.59 Å². The van der Waals surface area contributed by atoms with Crippen LogP contribution in [-0.4, -0.2) is 43.6 Å². The van der Waals surface area contributed by atoms with Crippen molar-refractivity contribution >= 4 is 29.2 Å². The lowest BCUT2D eigenvalue weighted by Crippen LogP contribution is -2.60. The number of amides is 1. The number of aliphatic carboxylic acids is 1. The van der Waals surface area contributed by atoms with Gasteiger partial charge in [0.05, 0.1) is 12.0 Å². The molecule has 116 valence electrons. The van der Waals surface area contributed by atoms with Gasteiger partial charge in [-0.3, -0.25) is 9.69 Å². The van der Waals surface area contributed by atoms with E-state index in [9.17, 15) is 19.8 Å². The highest BCUT2D eigenvalue weighted by atomic mass is 32.2. The van der Waals surface area contributed by atoms with E-state index in [0.29, 0.717) is 16.2 Å². The predicted molar refractivity (Wildman–Crippen MR) is 78.2 cm³/mol. The van der Waals surface area contributed by atoms with Crippen molar-refractivity contribution in [2.45, 2.75) is 25.3 Å². The molecule has 8 heteroatoms. The first-order valence-electron chi connectivity index (χ1n) is 6.70. The fourth-order valence-electron chi connectivity index (χ4n) is 2.72. The Balaban J connectivity index is 2.04. The highest BCUT2D eigenvalue weighted by Gasteiger charge is 2.58. The molecule has 0 radical (unpaired) electrons. The first-order valence-corrected chi connectivity index (χ1v) is 7.58. The monoisotopic (exact) mass is 322 g/mol. The zero-order valence-electron chi connectivity index (χ0n) is 11.9. The van der Waals surface area contributed by atoms with Crippen LogP contribution in [0.2, 0.25) is 0 Å². The number of hydrogen-bond donors (Lipinski definition) is 2. The number of aliphatic hydroxyl groups is 1. The zero-order valence-corrected chi connectivity index (χ0v) is 12.7. The number of carboxylic acids is 1.